The van der Waals surface area contributed by atoms with Gasteiger partial charge in [-0.05, 0) is 35.4 Å². The number of aromatic amines is 1. The van der Waals surface area contributed by atoms with Crippen molar-refractivity contribution in [1.82, 2.24) is 14.9 Å². The molecule has 0 radical (unpaired) electrons. The number of pyridine rings is 1. The van der Waals surface area contributed by atoms with Gasteiger partial charge in [-0.25, -0.2) is 4.39 Å². The van der Waals surface area contributed by atoms with Gasteiger partial charge < -0.3 is 15.0 Å². The molecule has 0 bridgehead atoms. The molecule has 0 aliphatic rings. The number of carbonyl (C=O) groups is 1. The first-order valence-electron chi connectivity index (χ1n) is 7.70. The monoisotopic (exact) mass is 327 g/mol. The van der Waals surface area contributed by atoms with Crippen LogP contribution in [0.5, 0.6) is 0 Å². The van der Waals surface area contributed by atoms with Gasteiger partial charge >= 0.3 is 0 Å². The third kappa shape index (κ3) is 3.60. The molecule has 5 nitrogen and oxygen atoms in total. The number of rotatable bonds is 6. The van der Waals surface area contributed by atoms with Gasteiger partial charge in [0, 0.05) is 42.6 Å². The van der Waals surface area contributed by atoms with Crippen LogP contribution in [0.1, 0.15) is 11.1 Å². The summed E-state index contributed by atoms with van der Waals surface area (Å²) in [6.07, 6.45) is 5.23. The number of hydrogen-bond donors (Lipinski definition) is 2. The van der Waals surface area contributed by atoms with E-state index < -0.39 is 0 Å². The Morgan fingerprint density at radius 3 is 2.96 bits per heavy atom. The van der Waals surface area contributed by atoms with Crippen molar-refractivity contribution >= 4 is 16.8 Å². The Hall–Kier alpha value is -2.73. The van der Waals surface area contributed by atoms with Crippen LogP contribution in [0.3, 0.4) is 0 Å². The first-order chi connectivity index (χ1) is 11.7. The van der Waals surface area contributed by atoms with Crippen LogP contribution < -0.4 is 0 Å². The highest BCUT2D eigenvalue weighted by Crippen LogP contribution is 2.20. The van der Waals surface area contributed by atoms with Crippen molar-refractivity contribution in [3.63, 3.8) is 0 Å². The molecule has 0 unspecified atom stereocenters. The molecule has 0 saturated carbocycles. The first kappa shape index (κ1) is 16.1. The van der Waals surface area contributed by atoms with E-state index in [0.29, 0.717) is 11.9 Å². The minimum absolute atomic E-state index is 0.117. The molecule has 2 heterocycles. The number of amides is 1. The number of carbonyl (C=O) groups excluding carboxylic acids is 1. The summed E-state index contributed by atoms with van der Waals surface area (Å²) in [6, 6.07) is 8.14. The van der Waals surface area contributed by atoms with E-state index in [-0.39, 0.29) is 31.3 Å². The number of nitrogens with zero attached hydrogens (tertiary/aromatic N) is 2. The number of aromatic nitrogens is 2. The van der Waals surface area contributed by atoms with Crippen LogP contribution in [0.2, 0.25) is 0 Å². The predicted octanol–water partition coefficient (Wildman–Crippen LogP) is 2.27. The van der Waals surface area contributed by atoms with Crippen molar-refractivity contribution in [3.8, 4) is 0 Å². The second kappa shape index (κ2) is 7.23. The number of benzene rings is 1. The van der Waals surface area contributed by atoms with Gasteiger partial charge in [-0.2, -0.15) is 0 Å². The second-order valence-electron chi connectivity index (χ2n) is 5.58. The molecule has 0 aliphatic heterocycles. The van der Waals surface area contributed by atoms with Crippen molar-refractivity contribution in [2.24, 2.45) is 0 Å². The maximum atomic E-state index is 13.4. The lowest BCUT2D eigenvalue weighted by Gasteiger charge is -2.21. The molecule has 0 saturated heterocycles. The first-order valence-corrected chi connectivity index (χ1v) is 7.70. The molecule has 6 heteroatoms. The summed E-state index contributed by atoms with van der Waals surface area (Å²) in [4.78, 5) is 21.3. The van der Waals surface area contributed by atoms with Crippen molar-refractivity contribution in [3.05, 3.63) is 65.9 Å². The normalized spacial score (nSPS) is 10.9. The molecule has 24 heavy (non-hydrogen) atoms. The van der Waals surface area contributed by atoms with Crippen LogP contribution in [0.25, 0.3) is 10.9 Å². The summed E-state index contributed by atoms with van der Waals surface area (Å²) in [6.45, 7) is 0.503. The van der Waals surface area contributed by atoms with Gasteiger partial charge in [0.2, 0.25) is 5.91 Å². The second-order valence-corrected chi connectivity index (χ2v) is 5.58. The maximum Gasteiger partial charge on any atom is 0.227 e. The zero-order valence-corrected chi connectivity index (χ0v) is 13.1. The Bertz CT molecular complexity index is 833. The molecule has 0 spiro atoms. The average molecular weight is 327 g/mol. The maximum absolute atomic E-state index is 13.4. The highest BCUT2D eigenvalue weighted by Gasteiger charge is 2.16. The van der Waals surface area contributed by atoms with Crippen molar-refractivity contribution in [2.45, 2.75) is 13.0 Å². The van der Waals surface area contributed by atoms with Crippen LogP contribution in [0.4, 0.5) is 4.39 Å². The smallest absolute Gasteiger partial charge is 0.227 e. The molecule has 124 valence electrons. The van der Waals surface area contributed by atoms with E-state index in [2.05, 4.69) is 9.97 Å². The SMILES string of the molecule is O=C(Cc1c[nH]c2ccc(F)cc12)N(CCO)Cc1cccnc1. The van der Waals surface area contributed by atoms with Crippen LogP contribution in [-0.2, 0) is 17.8 Å². The molecule has 0 fully saturated rings. The largest absolute Gasteiger partial charge is 0.395 e. The van der Waals surface area contributed by atoms with Gasteiger partial charge in [0.1, 0.15) is 5.82 Å². The Kier molecular flexibility index (Phi) is 4.86. The number of hydrogen-bond acceptors (Lipinski definition) is 3. The number of aliphatic hydroxyl groups is 1. The number of fused-ring (bicyclic) bond motifs is 1. The molecular formula is C18H18FN3O2. The van der Waals surface area contributed by atoms with E-state index in [1.165, 1.54) is 12.1 Å². The Morgan fingerprint density at radius 1 is 1.33 bits per heavy atom. The zero-order valence-electron chi connectivity index (χ0n) is 13.1. The van der Waals surface area contributed by atoms with E-state index in [9.17, 15) is 14.3 Å². The van der Waals surface area contributed by atoms with Crippen LogP contribution in [0, 0.1) is 5.82 Å². The van der Waals surface area contributed by atoms with Gasteiger partial charge in [-0.3, -0.25) is 9.78 Å². The van der Waals surface area contributed by atoms with Gasteiger partial charge in [0.15, 0.2) is 0 Å². The minimum Gasteiger partial charge on any atom is -0.395 e. The third-order valence-corrected chi connectivity index (χ3v) is 3.89. The van der Waals surface area contributed by atoms with Crippen molar-refractivity contribution in [1.29, 1.82) is 0 Å². The van der Waals surface area contributed by atoms with Crippen LogP contribution in [0.15, 0.2) is 48.9 Å². The summed E-state index contributed by atoms with van der Waals surface area (Å²) in [5.74, 6) is -0.462. The summed E-state index contributed by atoms with van der Waals surface area (Å²) in [5.41, 5.74) is 2.42. The molecule has 2 N–H and O–H groups in total. The average Bonchev–Trinajstić information content (AvgIpc) is 2.97. The number of H-pyrrole nitrogens is 1. The molecule has 3 rings (SSSR count). The molecule has 0 atom stereocenters. The quantitative estimate of drug-likeness (QED) is 0.730. The highest BCUT2D eigenvalue weighted by atomic mass is 19.1. The number of aliphatic hydroxyl groups excluding tert-OH is 1. The Morgan fingerprint density at radius 2 is 2.21 bits per heavy atom. The van der Waals surface area contributed by atoms with Gasteiger partial charge in [-0.1, -0.05) is 6.07 Å². The molecule has 1 amide bonds. The molecule has 1 aromatic carbocycles. The van der Waals surface area contributed by atoms with E-state index in [4.69, 9.17) is 0 Å². The van der Waals surface area contributed by atoms with E-state index in [1.54, 1.807) is 35.6 Å². The molecule has 3 aromatic rings. The lowest BCUT2D eigenvalue weighted by molar-refractivity contribution is -0.131. The van der Waals surface area contributed by atoms with Crippen LogP contribution in [-0.4, -0.2) is 39.0 Å². The third-order valence-electron chi connectivity index (χ3n) is 3.89. The number of nitrogens with one attached hydrogen (secondary N) is 1. The van der Waals surface area contributed by atoms with Crippen molar-refractivity contribution < 1.29 is 14.3 Å². The summed E-state index contributed by atoms with van der Waals surface area (Å²) < 4.78 is 13.4. The Labute approximate surface area is 138 Å². The summed E-state index contributed by atoms with van der Waals surface area (Å²) in [7, 11) is 0. The lowest BCUT2D eigenvalue weighted by atomic mass is 10.1. The Balaban J connectivity index is 1.78. The standard InChI is InChI=1S/C18H18FN3O2/c19-15-3-4-17-16(9-15)14(11-21-17)8-18(24)22(6-7-23)12-13-2-1-5-20-10-13/h1-5,9-11,21,23H,6-8,12H2. The topological polar surface area (TPSA) is 69.2 Å². The van der Waals surface area contributed by atoms with Gasteiger partial charge in [0.25, 0.3) is 0 Å². The zero-order chi connectivity index (χ0) is 16.9. The molecule has 0 aliphatic carbocycles. The highest BCUT2D eigenvalue weighted by molar-refractivity contribution is 5.89. The molecular weight excluding hydrogens is 309 g/mol. The minimum atomic E-state index is -0.335. The van der Waals surface area contributed by atoms with E-state index >= 15 is 0 Å². The fourth-order valence-electron chi connectivity index (χ4n) is 2.70. The summed E-state index contributed by atoms with van der Waals surface area (Å²) >= 11 is 0. The van der Waals surface area contributed by atoms with E-state index in [0.717, 1.165) is 16.6 Å². The fraction of sp³-hybridized carbons (Fsp3) is 0.222. The van der Waals surface area contributed by atoms with Crippen LogP contribution >= 0.6 is 0 Å². The lowest BCUT2D eigenvalue weighted by Crippen LogP contribution is -2.34. The van der Waals surface area contributed by atoms with E-state index in [1.807, 2.05) is 6.07 Å². The van der Waals surface area contributed by atoms with Crippen molar-refractivity contribution in [2.75, 3.05) is 13.2 Å². The van der Waals surface area contributed by atoms with Gasteiger partial charge in [0.05, 0.1) is 13.0 Å². The number of halogens is 1. The molecule has 2 aromatic heterocycles. The summed E-state index contributed by atoms with van der Waals surface area (Å²) in [5, 5.41) is 9.94. The van der Waals surface area contributed by atoms with Gasteiger partial charge in [-0.15, -0.1) is 0 Å². The fourth-order valence-corrected chi connectivity index (χ4v) is 2.70. The predicted molar refractivity (Wildman–Crippen MR) is 88.7 cm³/mol.